The van der Waals surface area contributed by atoms with Crippen LogP contribution >= 0.6 is 0 Å². The fourth-order valence-electron chi connectivity index (χ4n) is 3.03. The summed E-state index contributed by atoms with van der Waals surface area (Å²) in [6, 6.07) is 8.62. The number of halogens is 1. The van der Waals surface area contributed by atoms with Gasteiger partial charge in [0, 0.05) is 11.1 Å². The molecule has 0 atom stereocenters. The molecule has 3 amide bonds. The third-order valence-electron chi connectivity index (χ3n) is 4.40. The lowest BCUT2D eigenvalue weighted by Crippen LogP contribution is -2.30. The number of nitrogens with one attached hydrogen (secondary N) is 1. The van der Waals surface area contributed by atoms with Gasteiger partial charge in [0.2, 0.25) is 0 Å². The predicted octanol–water partition coefficient (Wildman–Crippen LogP) is 3.75. The number of aromatic hydroxyl groups is 1. The first-order chi connectivity index (χ1) is 13.9. The van der Waals surface area contributed by atoms with Crippen LogP contribution in [-0.4, -0.2) is 28.6 Å². The highest BCUT2D eigenvalue weighted by atomic mass is 19.1. The summed E-state index contributed by atoms with van der Waals surface area (Å²) >= 11 is 0. The lowest BCUT2D eigenvalue weighted by atomic mass is 10.0. The van der Waals surface area contributed by atoms with Crippen LogP contribution in [0.3, 0.4) is 0 Å². The Balaban J connectivity index is 1.91. The Morgan fingerprint density at radius 3 is 2.69 bits per heavy atom. The van der Waals surface area contributed by atoms with Crippen molar-refractivity contribution < 1.29 is 23.8 Å². The summed E-state index contributed by atoms with van der Waals surface area (Å²) in [5.74, 6) is -0.760. The maximum absolute atomic E-state index is 13.9. The van der Waals surface area contributed by atoms with Crippen LogP contribution in [0.1, 0.15) is 23.6 Å². The van der Waals surface area contributed by atoms with E-state index in [2.05, 4.69) is 11.9 Å². The number of phenols is 1. The Morgan fingerprint density at radius 1 is 1.24 bits per heavy atom. The monoisotopic (exact) mass is 396 g/mol. The number of allylic oxidation sites excluding steroid dienone is 1. The second-order valence-corrected chi connectivity index (χ2v) is 6.42. The number of hydrogen-bond donors (Lipinski definition) is 2. The van der Waals surface area contributed by atoms with E-state index >= 15 is 0 Å². The number of carbonyl (C=O) groups excluding carboxylic acids is 2. The molecule has 150 valence electrons. The van der Waals surface area contributed by atoms with E-state index in [-0.39, 0.29) is 29.3 Å². The van der Waals surface area contributed by atoms with Crippen LogP contribution in [0.25, 0.3) is 6.08 Å². The molecule has 0 unspecified atom stereocenters. The van der Waals surface area contributed by atoms with Crippen molar-refractivity contribution in [2.75, 3.05) is 6.61 Å². The SMILES string of the molecule is C=CCc1cc(C=C2NC(=O)N(Cc3ccccc3F)C2=O)cc(OCC)c1O. The maximum atomic E-state index is 13.9. The summed E-state index contributed by atoms with van der Waals surface area (Å²) < 4.78 is 19.3. The molecule has 29 heavy (non-hydrogen) atoms. The Kier molecular flexibility index (Phi) is 5.97. The number of rotatable bonds is 7. The van der Waals surface area contributed by atoms with E-state index in [1.54, 1.807) is 31.2 Å². The Labute approximate surface area is 167 Å². The topological polar surface area (TPSA) is 78.9 Å². The molecule has 0 aliphatic carbocycles. The van der Waals surface area contributed by atoms with Gasteiger partial charge >= 0.3 is 6.03 Å². The lowest BCUT2D eigenvalue weighted by Gasteiger charge is -2.12. The van der Waals surface area contributed by atoms with Gasteiger partial charge in [-0.1, -0.05) is 24.3 Å². The van der Waals surface area contributed by atoms with Crippen LogP contribution in [0.4, 0.5) is 9.18 Å². The molecule has 0 aromatic heterocycles. The summed E-state index contributed by atoms with van der Waals surface area (Å²) in [6.45, 7) is 5.64. The number of amides is 3. The van der Waals surface area contributed by atoms with Gasteiger partial charge in [-0.2, -0.15) is 0 Å². The summed E-state index contributed by atoms with van der Waals surface area (Å²) in [6.07, 6.45) is 3.54. The summed E-state index contributed by atoms with van der Waals surface area (Å²) in [4.78, 5) is 25.9. The first kappa shape index (κ1) is 20.1. The van der Waals surface area contributed by atoms with Crippen molar-refractivity contribution in [2.24, 2.45) is 0 Å². The van der Waals surface area contributed by atoms with E-state index in [9.17, 15) is 19.1 Å². The normalized spacial score (nSPS) is 15.0. The molecule has 2 aromatic carbocycles. The predicted molar refractivity (Wildman–Crippen MR) is 107 cm³/mol. The van der Waals surface area contributed by atoms with Gasteiger partial charge < -0.3 is 15.2 Å². The first-order valence-corrected chi connectivity index (χ1v) is 9.12. The van der Waals surface area contributed by atoms with Gasteiger partial charge in [-0.25, -0.2) is 9.18 Å². The fraction of sp³-hybridized carbons (Fsp3) is 0.182. The quantitative estimate of drug-likeness (QED) is 0.424. The van der Waals surface area contributed by atoms with Crippen molar-refractivity contribution in [1.82, 2.24) is 10.2 Å². The van der Waals surface area contributed by atoms with Crippen LogP contribution in [0.5, 0.6) is 11.5 Å². The minimum atomic E-state index is -0.625. The number of hydrogen-bond acceptors (Lipinski definition) is 4. The van der Waals surface area contributed by atoms with Gasteiger partial charge in [0.25, 0.3) is 5.91 Å². The van der Waals surface area contributed by atoms with Crippen molar-refractivity contribution in [2.45, 2.75) is 19.9 Å². The lowest BCUT2D eigenvalue weighted by molar-refractivity contribution is -0.123. The third kappa shape index (κ3) is 4.29. The Morgan fingerprint density at radius 2 is 2.00 bits per heavy atom. The van der Waals surface area contributed by atoms with Crippen molar-refractivity contribution in [3.05, 3.63) is 77.3 Å². The molecular formula is C22H21FN2O4. The average molecular weight is 396 g/mol. The van der Waals surface area contributed by atoms with Gasteiger partial charge in [-0.05, 0) is 43.2 Å². The smallest absolute Gasteiger partial charge is 0.329 e. The van der Waals surface area contributed by atoms with Crippen molar-refractivity contribution in [3.8, 4) is 11.5 Å². The van der Waals surface area contributed by atoms with Gasteiger partial charge in [-0.15, -0.1) is 6.58 Å². The molecule has 6 nitrogen and oxygen atoms in total. The number of benzene rings is 2. The van der Waals surface area contributed by atoms with E-state index in [1.807, 2.05) is 0 Å². The standard InChI is InChI=1S/C22H21FN2O4/c1-3-7-15-10-14(12-19(20(15)26)29-4-2)11-18-21(27)25(22(28)24-18)13-16-8-5-6-9-17(16)23/h3,5-6,8-12,26H,1,4,7,13H2,2H3,(H,24,28). The van der Waals surface area contributed by atoms with Gasteiger partial charge in [-0.3, -0.25) is 9.69 Å². The van der Waals surface area contributed by atoms with Crippen LogP contribution in [0.2, 0.25) is 0 Å². The molecule has 2 aromatic rings. The molecule has 0 bridgehead atoms. The zero-order valence-electron chi connectivity index (χ0n) is 15.9. The average Bonchev–Trinajstić information content (AvgIpc) is 2.95. The molecule has 2 N–H and O–H groups in total. The molecule has 1 fully saturated rings. The number of imide groups is 1. The molecule has 1 saturated heterocycles. The van der Waals surface area contributed by atoms with Gasteiger partial charge in [0.1, 0.15) is 11.5 Å². The number of phenolic OH excluding ortho intramolecular Hbond substituents is 1. The van der Waals surface area contributed by atoms with Crippen molar-refractivity contribution in [3.63, 3.8) is 0 Å². The highest BCUT2D eigenvalue weighted by molar-refractivity contribution is 6.13. The molecule has 0 saturated carbocycles. The molecule has 1 heterocycles. The molecule has 7 heteroatoms. The molecule has 3 rings (SSSR count). The van der Waals surface area contributed by atoms with Gasteiger partial charge in [0.05, 0.1) is 13.2 Å². The van der Waals surface area contributed by atoms with Crippen LogP contribution in [-0.2, 0) is 17.8 Å². The molecule has 0 spiro atoms. The van der Waals surface area contributed by atoms with Gasteiger partial charge in [0.15, 0.2) is 11.5 Å². The Hall–Kier alpha value is -3.61. The maximum Gasteiger partial charge on any atom is 0.329 e. The third-order valence-corrected chi connectivity index (χ3v) is 4.40. The summed E-state index contributed by atoms with van der Waals surface area (Å²) in [5.41, 5.74) is 1.45. The molecule has 0 radical (unpaired) electrons. The van der Waals surface area contributed by atoms with E-state index in [4.69, 9.17) is 4.74 Å². The Bertz CT molecular complexity index is 1000. The molecule has 1 aliphatic heterocycles. The largest absolute Gasteiger partial charge is 0.504 e. The zero-order chi connectivity index (χ0) is 21.0. The summed E-state index contributed by atoms with van der Waals surface area (Å²) in [5, 5.41) is 12.8. The number of ether oxygens (including phenoxy) is 1. The number of carbonyl (C=O) groups is 2. The highest BCUT2D eigenvalue weighted by Crippen LogP contribution is 2.33. The van der Waals surface area contributed by atoms with Crippen LogP contribution in [0.15, 0.2) is 54.8 Å². The van der Waals surface area contributed by atoms with Crippen molar-refractivity contribution >= 4 is 18.0 Å². The highest BCUT2D eigenvalue weighted by Gasteiger charge is 2.34. The number of urea groups is 1. The second-order valence-electron chi connectivity index (χ2n) is 6.42. The van der Waals surface area contributed by atoms with Crippen molar-refractivity contribution in [1.29, 1.82) is 0 Å². The molecular weight excluding hydrogens is 375 g/mol. The van der Waals surface area contributed by atoms with Crippen LogP contribution in [0, 0.1) is 5.82 Å². The zero-order valence-corrected chi connectivity index (χ0v) is 15.9. The minimum absolute atomic E-state index is 0.0110. The fourth-order valence-corrected chi connectivity index (χ4v) is 3.03. The summed E-state index contributed by atoms with van der Waals surface area (Å²) in [7, 11) is 0. The van der Waals surface area contributed by atoms with E-state index in [0.29, 0.717) is 24.2 Å². The van der Waals surface area contributed by atoms with E-state index in [0.717, 1.165) is 4.90 Å². The minimum Gasteiger partial charge on any atom is -0.504 e. The molecule has 1 aliphatic rings. The first-order valence-electron chi connectivity index (χ1n) is 9.12. The van der Waals surface area contributed by atoms with E-state index < -0.39 is 17.8 Å². The number of nitrogens with zero attached hydrogens (tertiary/aromatic N) is 1. The van der Waals surface area contributed by atoms with Crippen LogP contribution < -0.4 is 10.1 Å². The second kappa shape index (κ2) is 8.60. The van der Waals surface area contributed by atoms with E-state index in [1.165, 1.54) is 24.3 Å².